The van der Waals surface area contributed by atoms with Crippen molar-refractivity contribution in [2.75, 3.05) is 12.2 Å². The summed E-state index contributed by atoms with van der Waals surface area (Å²) in [7, 11) is 1.27. The van der Waals surface area contributed by atoms with Crippen LogP contribution < -0.4 is 14.5 Å². The molecule has 6 heteroatoms. The molecule has 92 valence electrons. The molecular weight excluding hydrogens is 226 g/mol. The van der Waals surface area contributed by atoms with Crippen molar-refractivity contribution in [3.05, 3.63) is 18.2 Å². The molecule has 0 aromatic heterocycles. The number of carbonyl (C=O) groups is 1. The molecule has 0 saturated carbocycles. The molecule has 1 aliphatic rings. The molecule has 0 saturated heterocycles. The van der Waals surface area contributed by atoms with Crippen LogP contribution in [-0.4, -0.2) is 24.1 Å². The molecule has 17 heavy (non-hydrogen) atoms. The predicted octanol–water partition coefficient (Wildman–Crippen LogP) is 2.24. The van der Waals surface area contributed by atoms with Gasteiger partial charge in [0, 0.05) is 13.8 Å². The van der Waals surface area contributed by atoms with Crippen molar-refractivity contribution in [3.63, 3.8) is 0 Å². The van der Waals surface area contributed by atoms with Gasteiger partial charge >= 0.3 is 6.09 Å². The van der Waals surface area contributed by atoms with Crippen LogP contribution in [0.3, 0.4) is 0 Å². The number of ether oxygens (including phenoxy) is 2. The van der Waals surface area contributed by atoms with Crippen molar-refractivity contribution in [1.82, 2.24) is 0 Å². The van der Waals surface area contributed by atoms with Crippen LogP contribution in [0.5, 0.6) is 11.5 Å². The van der Waals surface area contributed by atoms with Gasteiger partial charge in [-0.1, -0.05) is 6.07 Å². The number of para-hydroxylation sites is 1. The summed E-state index contributed by atoms with van der Waals surface area (Å²) in [6.07, 6.45) is -1.23. The summed E-state index contributed by atoms with van der Waals surface area (Å²) in [5.74, 6) is 0.0497. The Labute approximate surface area is 98.3 Å². The van der Waals surface area contributed by atoms with Crippen LogP contribution in [0.15, 0.2) is 18.2 Å². The summed E-state index contributed by atoms with van der Waals surface area (Å²) in [4.78, 5) is 15.8. The van der Waals surface area contributed by atoms with Gasteiger partial charge in [0.25, 0.3) is 0 Å². The highest BCUT2D eigenvalue weighted by molar-refractivity contribution is 5.87. The minimum Gasteiger partial charge on any atom is -0.463 e. The SMILES string of the molecule is CON(C(=O)O)c1cccc2c1OC(C)(C)O2. The first-order valence-electron chi connectivity index (χ1n) is 5.03. The van der Waals surface area contributed by atoms with Gasteiger partial charge in [-0.2, -0.15) is 0 Å². The van der Waals surface area contributed by atoms with Crippen molar-refractivity contribution in [1.29, 1.82) is 0 Å². The Hall–Kier alpha value is -1.95. The molecule has 2 rings (SSSR count). The van der Waals surface area contributed by atoms with Crippen molar-refractivity contribution in [2.45, 2.75) is 19.6 Å². The van der Waals surface area contributed by atoms with E-state index < -0.39 is 11.9 Å². The normalized spacial score (nSPS) is 15.7. The zero-order valence-corrected chi connectivity index (χ0v) is 9.76. The second-order valence-electron chi connectivity index (χ2n) is 3.97. The van der Waals surface area contributed by atoms with Gasteiger partial charge in [0.05, 0.1) is 7.11 Å². The first-order valence-corrected chi connectivity index (χ1v) is 5.03. The van der Waals surface area contributed by atoms with E-state index in [2.05, 4.69) is 0 Å². The maximum atomic E-state index is 11.0. The third-order valence-corrected chi connectivity index (χ3v) is 2.24. The number of carboxylic acid groups (broad SMARTS) is 1. The summed E-state index contributed by atoms with van der Waals surface area (Å²) in [6, 6.07) is 4.97. The van der Waals surface area contributed by atoms with E-state index in [9.17, 15) is 4.79 Å². The van der Waals surface area contributed by atoms with E-state index in [0.29, 0.717) is 17.2 Å². The Kier molecular flexibility index (Phi) is 2.59. The lowest BCUT2D eigenvalue weighted by Crippen LogP contribution is -2.31. The number of hydrogen-bond acceptors (Lipinski definition) is 4. The summed E-state index contributed by atoms with van der Waals surface area (Å²) in [6.45, 7) is 3.49. The monoisotopic (exact) mass is 239 g/mol. The number of amides is 1. The van der Waals surface area contributed by atoms with E-state index in [4.69, 9.17) is 19.4 Å². The lowest BCUT2D eigenvalue weighted by Gasteiger charge is -2.19. The lowest BCUT2D eigenvalue weighted by molar-refractivity contribution is -0.0432. The second-order valence-corrected chi connectivity index (χ2v) is 3.97. The third-order valence-electron chi connectivity index (χ3n) is 2.24. The van der Waals surface area contributed by atoms with Gasteiger partial charge in [0.2, 0.25) is 5.79 Å². The van der Waals surface area contributed by atoms with Gasteiger partial charge in [-0.3, -0.25) is 4.84 Å². The quantitative estimate of drug-likeness (QED) is 0.801. The molecule has 0 spiro atoms. The molecule has 1 amide bonds. The van der Waals surface area contributed by atoms with Crippen LogP contribution >= 0.6 is 0 Å². The van der Waals surface area contributed by atoms with Crippen molar-refractivity contribution in [3.8, 4) is 11.5 Å². The maximum Gasteiger partial charge on any atom is 0.436 e. The Morgan fingerprint density at radius 1 is 1.41 bits per heavy atom. The van der Waals surface area contributed by atoms with Crippen molar-refractivity contribution < 1.29 is 24.2 Å². The van der Waals surface area contributed by atoms with Gasteiger partial charge in [-0.15, -0.1) is 5.06 Å². The molecule has 1 heterocycles. The molecule has 1 aromatic rings. The number of hydrogen-bond donors (Lipinski definition) is 1. The van der Waals surface area contributed by atoms with Gasteiger partial charge in [-0.25, -0.2) is 4.79 Å². The molecule has 0 bridgehead atoms. The molecule has 1 aliphatic heterocycles. The Bertz CT molecular complexity index is 457. The standard InChI is InChI=1S/C11H13NO5/c1-11(2)16-8-6-4-5-7(9(8)17-11)12(15-3)10(13)14/h4-6H,1-3H3,(H,13,14). The van der Waals surface area contributed by atoms with Gasteiger partial charge < -0.3 is 14.6 Å². The molecule has 0 radical (unpaired) electrons. The van der Waals surface area contributed by atoms with Crippen LogP contribution in [0.25, 0.3) is 0 Å². The number of rotatable bonds is 2. The predicted molar refractivity (Wildman–Crippen MR) is 59.3 cm³/mol. The van der Waals surface area contributed by atoms with E-state index in [-0.39, 0.29) is 0 Å². The lowest BCUT2D eigenvalue weighted by atomic mass is 10.2. The summed E-state index contributed by atoms with van der Waals surface area (Å²) >= 11 is 0. The highest BCUT2D eigenvalue weighted by Gasteiger charge is 2.35. The summed E-state index contributed by atoms with van der Waals surface area (Å²) < 4.78 is 11.1. The van der Waals surface area contributed by atoms with Gasteiger partial charge in [0.1, 0.15) is 5.69 Å². The van der Waals surface area contributed by atoms with E-state index in [1.807, 2.05) is 0 Å². The molecule has 0 atom stereocenters. The topological polar surface area (TPSA) is 68.2 Å². The summed E-state index contributed by atoms with van der Waals surface area (Å²) in [5, 5.41) is 9.72. The average Bonchev–Trinajstić information content (AvgIpc) is 2.53. The van der Waals surface area contributed by atoms with Crippen molar-refractivity contribution in [2.24, 2.45) is 0 Å². The molecule has 0 fully saturated rings. The van der Waals surface area contributed by atoms with E-state index >= 15 is 0 Å². The molecule has 6 nitrogen and oxygen atoms in total. The third kappa shape index (κ3) is 1.99. The fourth-order valence-corrected chi connectivity index (χ4v) is 1.66. The number of nitrogens with zero attached hydrogens (tertiary/aromatic N) is 1. The Balaban J connectivity index is 2.45. The highest BCUT2D eigenvalue weighted by atomic mass is 16.7. The highest BCUT2D eigenvalue weighted by Crippen LogP contribution is 2.45. The van der Waals surface area contributed by atoms with Crippen LogP contribution in [0.4, 0.5) is 10.5 Å². The summed E-state index contributed by atoms with van der Waals surface area (Å²) in [5.41, 5.74) is 0.295. The van der Waals surface area contributed by atoms with Crippen LogP contribution in [-0.2, 0) is 4.84 Å². The van der Waals surface area contributed by atoms with Crippen molar-refractivity contribution >= 4 is 11.8 Å². The zero-order valence-electron chi connectivity index (χ0n) is 9.76. The molecular formula is C11H13NO5. The van der Waals surface area contributed by atoms with E-state index in [0.717, 1.165) is 5.06 Å². The Morgan fingerprint density at radius 3 is 2.71 bits per heavy atom. The minimum atomic E-state index is -1.23. The molecule has 1 aromatic carbocycles. The number of anilines is 1. The smallest absolute Gasteiger partial charge is 0.436 e. The fraction of sp³-hybridized carbons (Fsp3) is 0.364. The van der Waals surface area contributed by atoms with Crippen LogP contribution in [0.1, 0.15) is 13.8 Å². The van der Waals surface area contributed by atoms with E-state index in [1.54, 1.807) is 32.0 Å². The second kappa shape index (κ2) is 3.81. The Morgan fingerprint density at radius 2 is 2.12 bits per heavy atom. The van der Waals surface area contributed by atoms with Crippen LogP contribution in [0, 0.1) is 0 Å². The number of benzene rings is 1. The van der Waals surface area contributed by atoms with Crippen LogP contribution in [0.2, 0.25) is 0 Å². The van der Waals surface area contributed by atoms with E-state index in [1.165, 1.54) is 7.11 Å². The zero-order chi connectivity index (χ0) is 12.6. The largest absolute Gasteiger partial charge is 0.463 e. The molecule has 0 aliphatic carbocycles. The minimum absolute atomic E-state index is 0.295. The number of fused-ring (bicyclic) bond motifs is 1. The molecule has 0 unspecified atom stereocenters. The average molecular weight is 239 g/mol. The molecule has 1 N–H and O–H groups in total. The van der Waals surface area contributed by atoms with Gasteiger partial charge in [0.15, 0.2) is 11.5 Å². The first kappa shape index (κ1) is 11.5. The fourth-order valence-electron chi connectivity index (χ4n) is 1.66. The number of hydroxylamine groups is 1. The first-order chi connectivity index (χ1) is 7.94. The van der Waals surface area contributed by atoms with Gasteiger partial charge in [-0.05, 0) is 12.1 Å². The maximum absolute atomic E-state index is 11.0.